The summed E-state index contributed by atoms with van der Waals surface area (Å²) < 4.78 is 6.43. The second kappa shape index (κ2) is 10.4. The SMILES string of the molecule is O=C(NCCC1=CCCCC1)C1CCN(Cc2nc(-c3cccc(Br)c3)no2)CC1. The van der Waals surface area contributed by atoms with Crippen LogP contribution in [0, 0.1) is 5.92 Å². The van der Waals surface area contributed by atoms with Crippen LogP contribution in [0.2, 0.25) is 0 Å². The van der Waals surface area contributed by atoms with Gasteiger partial charge in [0.15, 0.2) is 0 Å². The van der Waals surface area contributed by atoms with E-state index in [1.54, 1.807) is 0 Å². The molecule has 0 bridgehead atoms. The van der Waals surface area contributed by atoms with Crippen LogP contribution >= 0.6 is 15.9 Å². The summed E-state index contributed by atoms with van der Waals surface area (Å²) in [5.74, 6) is 1.55. The molecule has 1 aliphatic carbocycles. The van der Waals surface area contributed by atoms with E-state index in [1.807, 2.05) is 24.3 Å². The zero-order chi connectivity index (χ0) is 20.8. The van der Waals surface area contributed by atoms with Gasteiger partial charge in [-0.2, -0.15) is 4.98 Å². The summed E-state index contributed by atoms with van der Waals surface area (Å²) in [4.78, 5) is 19.3. The summed E-state index contributed by atoms with van der Waals surface area (Å²) in [6, 6.07) is 7.87. The summed E-state index contributed by atoms with van der Waals surface area (Å²) in [7, 11) is 0. The Morgan fingerprint density at radius 1 is 1.27 bits per heavy atom. The van der Waals surface area contributed by atoms with Crippen molar-refractivity contribution in [2.24, 2.45) is 5.92 Å². The number of carbonyl (C=O) groups excluding carboxylic acids is 1. The maximum absolute atomic E-state index is 12.5. The highest BCUT2D eigenvalue weighted by Gasteiger charge is 2.26. The molecule has 160 valence electrons. The van der Waals surface area contributed by atoms with Crippen LogP contribution in [0.3, 0.4) is 0 Å². The number of piperidine rings is 1. The molecule has 1 aromatic heterocycles. The second-order valence-corrected chi connectivity index (χ2v) is 9.14. The van der Waals surface area contributed by atoms with E-state index in [2.05, 4.69) is 42.4 Å². The van der Waals surface area contributed by atoms with Gasteiger partial charge in [-0.25, -0.2) is 0 Å². The van der Waals surface area contributed by atoms with Gasteiger partial charge in [-0.15, -0.1) is 0 Å². The van der Waals surface area contributed by atoms with Gasteiger partial charge in [-0.05, 0) is 70.2 Å². The third-order valence-corrected chi connectivity index (χ3v) is 6.49. The average molecular weight is 473 g/mol. The number of amides is 1. The summed E-state index contributed by atoms with van der Waals surface area (Å²) in [5.41, 5.74) is 2.44. The normalized spacial score (nSPS) is 18.2. The third-order valence-electron chi connectivity index (χ3n) is 6.00. The van der Waals surface area contributed by atoms with E-state index in [9.17, 15) is 4.79 Å². The van der Waals surface area contributed by atoms with Crippen molar-refractivity contribution in [2.45, 2.75) is 51.5 Å². The van der Waals surface area contributed by atoms with Crippen molar-refractivity contribution in [1.82, 2.24) is 20.4 Å². The third kappa shape index (κ3) is 5.79. The number of hydrogen-bond donors (Lipinski definition) is 1. The van der Waals surface area contributed by atoms with Crippen molar-refractivity contribution in [1.29, 1.82) is 0 Å². The highest BCUT2D eigenvalue weighted by atomic mass is 79.9. The highest BCUT2D eigenvalue weighted by molar-refractivity contribution is 9.10. The fourth-order valence-electron chi connectivity index (χ4n) is 4.23. The maximum atomic E-state index is 12.5. The number of rotatable bonds is 7. The minimum Gasteiger partial charge on any atom is -0.356 e. The van der Waals surface area contributed by atoms with Gasteiger partial charge >= 0.3 is 0 Å². The van der Waals surface area contributed by atoms with Crippen molar-refractivity contribution in [3.63, 3.8) is 0 Å². The molecular formula is C23H29BrN4O2. The first-order valence-corrected chi connectivity index (χ1v) is 11.7. The number of aromatic nitrogens is 2. The molecule has 1 fully saturated rings. The lowest BCUT2D eigenvalue weighted by atomic mass is 9.95. The van der Waals surface area contributed by atoms with Crippen LogP contribution in [0.15, 0.2) is 44.9 Å². The number of halogens is 1. The Balaban J connectivity index is 1.20. The van der Waals surface area contributed by atoms with Gasteiger partial charge < -0.3 is 9.84 Å². The number of nitrogens with zero attached hydrogens (tertiary/aromatic N) is 3. The summed E-state index contributed by atoms with van der Waals surface area (Å²) >= 11 is 3.47. The molecule has 1 aliphatic heterocycles. The molecule has 1 amide bonds. The van der Waals surface area contributed by atoms with Crippen molar-refractivity contribution in [3.8, 4) is 11.4 Å². The first kappa shape index (κ1) is 21.2. The van der Waals surface area contributed by atoms with Crippen LogP contribution < -0.4 is 5.32 Å². The lowest BCUT2D eigenvalue weighted by Gasteiger charge is -2.30. The Bertz CT molecular complexity index is 887. The Hall–Kier alpha value is -1.99. The smallest absolute Gasteiger partial charge is 0.241 e. The van der Waals surface area contributed by atoms with E-state index < -0.39 is 0 Å². The lowest BCUT2D eigenvalue weighted by molar-refractivity contribution is -0.126. The van der Waals surface area contributed by atoms with Gasteiger partial charge in [-0.1, -0.05) is 44.9 Å². The van der Waals surface area contributed by atoms with E-state index in [-0.39, 0.29) is 11.8 Å². The Labute approximate surface area is 186 Å². The molecule has 2 heterocycles. The lowest BCUT2D eigenvalue weighted by Crippen LogP contribution is -2.40. The molecule has 0 saturated carbocycles. The predicted molar refractivity (Wildman–Crippen MR) is 120 cm³/mol. The number of nitrogens with one attached hydrogen (secondary N) is 1. The van der Waals surface area contributed by atoms with Crippen LogP contribution in [0.1, 0.15) is 50.8 Å². The maximum Gasteiger partial charge on any atom is 0.241 e. The average Bonchev–Trinajstić information content (AvgIpc) is 3.23. The largest absolute Gasteiger partial charge is 0.356 e. The summed E-state index contributed by atoms with van der Waals surface area (Å²) in [6.07, 6.45) is 10.1. The van der Waals surface area contributed by atoms with Crippen LogP contribution in [0.4, 0.5) is 0 Å². The second-order valence-electron chi connectivity index (χ2n) is 8.22. The highest BCUT2D eigenvalue weighted by Crippen LogP contribution is 2.23. The van der Waals surface area contributed by atoms with Gasteiger partial charge in [0.2, 0.25) is 17.6 Å². The molecule has 1 N–H and O–H groups in total. The summed E-state index contributed by atoms with van der Waals surface area (Å²) in [6.45, 7) is 3.14. The van der Waals surface area contributed by atoms with Gasteiger partial charge in [0, 0.05) is 22.5 Å². The molecule has 2 aromatic rings. The molecule has 4 rings (SSSR count). The van der Waals surface area contributed by atoms with Crippen LogP contribution in [0.5, 0.6) is 0 Å². The molecule has 6 nitrogen and oxygen atoms in total. The van der Waals surface area contributed by atoms with E-state index in [0.717, 1.165) is 48.9 Å². The quantitative estimate of drug-likeness (QED) is 0.590. The molecule has 1 aromatic carbocycles. The number of allylic oxidation sites excluding steroid dienone is 1. The molecule has 0 unspecified atom stereocenters. The zero-order valence-electron chi connectivity index (χ0n) is 17.3. The van der Waals surface area contributed by atoms with E-state index in [1.165, 1.54) is 31.3 Å². The van der Waals surface area contributed by atoms with Gasteiger partial charge in [-0.3, -0.25) is 9.69 Å². The molecule has 0 radical (unpaired) electrons. The first-order chi connectivity index (χ1) is 14.7. The molecule has 30 heavy (non-hydrogen) atoms. The number of likely N-dealkylation sites (tertiary alicyclic amines) is 1. The van der Waals surface area contributed by atoms with Crippen molar-refractivity contribution < 1.29 is 9.32 Å². The van der Waals surface area contributed by atoms with Crippen molar-refractivity contribution in [2.75, 3.05) is 19.6 Å². The Kier molecular flexibility index (Phi) is 7.33. The molecule has 1 saturated heterocycles. The van der Waals surface area contributed by atoms with Crippen LogP contribution in [0.25, 0.3) is 11.4 Å². The fourth-order valence-corrected chi connectivity index (χ4v) is 4.63. The molecule has 2 aliphatic rings. The number of hydrogen-bond acceptors (Lipinski definition) is 5. The minimum atomic E-state index is 0.113. The van der Waals surface area contributed by atoms with E-state index in [0.29, 0.717) is 18.3 Å². The summed E-state index contributed by atoms with van der Waals surface area (Å²) in [5, 5.41) is 7.25. The topological polar surface area (TPSA) is 71.3 Å². The standard InChI is InChI=1S/C23H29BrN4O2/c24-20-8-4-7-19(15-20)22-26-21(30-27-22)16-28-13-10-18(11-14-28)23(29)25-12-9-17-5-2-1-3-6-17/h4-5,7-8,15,18H,1-3,6,9-14,16H2,(H,25,29). The Morgan fingerprint density at radius 2 is 2.13 bits per heavy atom. The van der Waals surface area contributed by atoms with Crippen molar-refractivity contribution >= 4 is 21.8 Å². The van der Waals surface area contributed by atoms with Crippen LogP contribution in [-0.4, -0.2) is 40.6 Å². The fraction of sp³-hybridized carbons (Fsp3) is 0.522. The molecular weight excluding hydrogens is 444 g/mol. The van der Waals surface area contributed by atoms with Gasteiger partial charge in [0.25, 0.3) is 0 Å². The molecule has 7 heteroatoms. The van der Waals surface area contributed by atoms with E-state index in [4.69, 9.17) is 4.52 Å². The first-order valence-electron chi connectivity index (χ1n) is 10.9. The Morgan fingerprint density at radius 3 is 2.90 bits per heavy atom. The minimum absolute atomic E-state index is 0.113. The monoisotopic (exact) mass is 472 g/mol. The number of benzene rings is 1. The number of carbonyl (C=O) groups is 1. The van der Waals surface area contributed by atoms with Gasteiger partial charge in [0.1, 0.15) is 0 Å². The molecule has 0 atom stereocenters. The van der Waals surface area contributed by atoms with Crippen molar-refractivity contribution in [3.05, 3.63) is 46.3 Å². The predicted octanol–water partition coefficient (Wildman–Crippen LogP) is 4.72. The molecule has 0 spiro atoms. The van der Waals surface area contributed by atoms with E-state index >= 15 is 0 Å². The van der Waals surface area contributed by atoms with Gasteiger partial charge in [0.05, 0.1) is 6.54 Å². The zero-order valence-corrected chi connectivity index (χ0v) is 18.9. The van der Waals surface area contributed by atoms with Crippen LogP contribution in [-0.2, 0) is 11.3 Å².